The van der Waals surface area contributed by atoms with Gasteiger partial charge >= 0.3 is 0 Å². The van der Waals surface area contributed by atoms with Gasteiger partial charge in [0.1, 0.15) is 11.6 Å². The molecule has 4 rings (SSSR count). The molecule has 1 amide bonds. The lowest BCUT2D eigenvalue weighted by atomic mass is 9.95. The Morgan fingerprint density at radius 2 is 1.81 bits per heavy atom. The summed E-state index contributed by atoms with van der Waals surface area (Å²) >= 11 is 0. The highest BCUT2D eigenvalue weighted by molar-refractivity contribution is 6.11. The van der Waals surface area contributed by atoms with E-state index in [1.807, 2.05) is 48.5 Å². The summed E-state index contributed by atoms with van der Waals surface area (Å²) in [6, 6.07) is 20.2. The highest BCUT2D eigenvalue weighted by Crippen LogP contribution is 2.30. The summed E-state index contributed by atoms with van der Waals surface area (Å²) in [7, 11) is 0. The van der Waals surface area contributed by atoms with Crippen molar-refractivity contribution in [2.45, 2.75) is 18.9 Å². The molecule has 1 aliphatic rings. The van der Waals surface area contributed by atoms with Crippen molar-refractivity contribution >= 4 is 33.5 Å². The molecule has 1 aliphatic heterocycles. The van der Waals surface area contributed by atoms with Crippen LogP contribution in [0.25, 0.3) is 27.6 Å². The summed E-state index contributed by atoms with van der Waals surface area (Å²) in [5.74, 6) is -0.356. The van der Waals surface area contributed by atoms with E-state index in [2.05, 4.69) is 17.5 Å². The van der Waals surface area contributed by atoms with E-state index in [-0.39, 0.29) is 17.6 Å². The van der Waals surface area contributed by atoms with E-state index < -0.39 is 0 Å². The summed E-state index contributed by atoms with van der Waals surface area (Å²) in [5, 5.41) is 16.6. The molecule has 1 saturated heterocycles. The molecule has 1 heterocycles. The van der Waals surface area contributed by atoms with Gasteiger partial charge in [-0.1, -0.05) is 48.5 Å². The van der Waals surface area contributed by atoms with Gasteiger partial charge in [0.25, 0.3) is 5.91 Å². The molecular formula is C23H20N2O2. The minimum atomic E-state index is -0.356. The molecule has 3 aromatic rings. The van der Waals surface area contributed by atoms with Crippen LogP contribution in [-0.4, -0.2) is 25.2 Å². The van der Waals surface area contributed by atoms with Crippen LogP contribution in [0.5, 0.6) is 0 Å². The van der Waals surface area contributed by atoms with Gasteiger partial charge in [0, 0.05) is 13.2 Å². The molecule has 3 aromatic carbocycles. The van der Waals surface area contributed by atoms with Crippen LogP contribution in [0, 0.1) is 11.3 Å². The van der Waals surface area contributed by atoms with E-state index in [0.717, 1.165) is 46.6 Å². The van der Waals surface area contributed by atoms with Crippen LogP contribution in [-0.2, 0) is 9.53 Å². The van der Waals surface area contributed by atoms with E-state index in [1.54, 1.807) is 6.08 Å². The van der Waals surface area contributed by atoms with Crippen LogP contribution >= 0.6 is 0 Å². The number of fused-ring (bicyclic) bond motifs is 2. The third kappa shape index (κ3) is 3.55. The number of carbonyl (C=O) groups is 1. The molecule has 27 heavy (non-hydrogen) atoms. The Morgan fingerprint density at radius 3 is 2.41 bits per heavy atom. The number of carbonyl (C=O) groups excluding carboxylic acids is 1. The summed E-state index contributed by atoms with van der Waals surface area (Å²) in [6.45, 7) is 1.18. The maximum absolute atomic E-state index is 12.6. The van der Waals surface area contributed by atoms with Gasteiger partial charge in [-0.3, -0.25) is 4.79 Å². The minimum absolute atomic E-state index is 0.0484. The topological polar surface area (TPSA) is 62.1 Å². The fraction of sp³-hybridized carbons (Fsp3) is 0.217. The number of nitrogens with zero attached hydrogens (tertiary/aromatic N) is 1. The molecule has 1 N–H and O–H groups in total. The molecule has 0 aliphatic carbocycles. The highest BCUT2D eigenvalue weighted by Gasteiger charge is 2.18. The molecule has 0 unspecified atom stereocenters. The van der Waals surface area contributed by atoms with Gasteiger partial charge in [-0.05, 0) is 52.1 Å². The van der Waals surface area contributed by atoms with Gasteiger partial charge in [0.15, 0.2) is 0 Å². The molecule has 0 saturated carbocycles. The number of rotatable bonds is 4. The SMILES string of the molecule is N#C/C(=C\c1c2ccccc2cc2ccccc12)C(=O)NC[C@@H]1CCCO1. The molecule has 0 aromatic heterocycles. The second-order valence-electron chi connectivity index (χ2n) is 6.75. The van der Waals surface area contributed by atoms with Crippen LogP contribution in [0.3, 0.4) is 0 Å². The van der Waals surface area contributed by atoms with E-state index in [1.165, 1.54) is 0 Å². The Morgan fingerprint density at radius 1 is 1.15 bits per heavy atom. The Kier molecular flexibility index (Phi) is 4.86. The lowest BCUT2D eigenvalue weighted by Crippen LogP contribution is -2.32. The van der Waals surface area contributed by atoms with Crippen molar-refractivity contribution in [2.75, 3.05) is 13.2 Å². The summed E-state index contributed by atoms with van der Waals surface area (Å²) in [4.78, 5) is 12.6. The third-order valence-electron chi connectivity index (χ3n) is 4.98. The Bertz CT molecular complexity index is 1020. The number of ether oxygens (including phenoxy) is 1. The third-order valence-corrected chi connectivity index (χ3v) is 4.98. The van der Waals surface area contributed by atoms with Crippen LogP contribution in [0.1, 0.15) is 18.4 Å². The van der Waals surface area contributed by atoms with Gasteiger partial charge in [0.2, 0.25) is 0 Å². The van der Waals surface area contributed by atoms with Crippen LogP contribution in [0.4, 0.5) is 0 Å². The second-order valence-corrected chi connectivity index (χ2v) is 6.75. The standard InChI is InChI=1S/C23H20N2O2/c24-14-18(23(26)25-15-19-8-5-11-27-19)13-22-20-9-3-1-6-16(20)12-17-7-2-4-10-21(17)22/h1-4,6-7,9-10,12-13,19H,5,8,11,15H2,(H,25,26)/b18-13+/t19-/m0/s1. The van der Waals surface area contributed by atoms with Crippen LogP contribution in [0.2, 0.25) is 0 Å². The van der Waals surface area contributed by atoms with Gasteiger partial charge in [0.05, 0.1) is 6.10 Å². The Labute approximate surface area is 158 Å². The zero-order valence-corrected chi connectivity index (χ0v) is 14.9. The fourth-order valence-corrected chi connectivity index (χ4v) is 3.60. The van der Waals surface area contributed by atoms with Gasteiger partial charge in [-0.15, -0.1) is 0 Å². The summed E-state index contributed by atoms with van der Waals surface area (Å²) in [6.07, 6.45) is 3.71. The minimum Gasteiger partial charge on any atom is -0.376 e. The van der Waals surface area contributed by atoms with Crippen molar-refractivity contribution < 1.29 is 9.53 Å². The molecule has 0 radical (unpaired) electrons. The van der Waals surface area contributed by atoms with Crippen molar-refractivity contribution in [3.05, 3.63) is 65.7 Å². The number of nitrogens with one attached hydrogen (secondary N) is 1. The zero-order valence-electron chi connectivity index (χ0n) is 14.9. The predicted octanol–water partition coefficient (Wildman–Crippen LogP) is 4.20. The maximum Gasteiger partial charge on any atom is 0.262 e. The molecular weight excluding hydrogens is 336 g/mol. The first-order valence-corrected chi connectivity index (χ1v) is 9.18. The highest BCUT2D eigenvalue weighted by atomic mass is 16.5. The number of hydrogen-bond donors (Lipinski definition) is 1. The lowest BCUT2D eigenvalue weighted by molar-refractivity contribution is -0.117. The number of hydrogen-bond acceptors (Lipinski definition) is 3. The largest absolute Gasteiger partial charge is 0.376 e. The zero-order chi connectivity index (χ0) is 18.6. The van der Waals surface area contributed by atoms with E-state index >= 15 is 0 Å². The quantitative estimate of drug-likeness (QED) is 0.433. The predicted molar refractivity (Wildman–Crippen MR) is 107 cm³/mol. The van der Waals surface area contributed by atoms with Crippen molar-refractivity contribution in [2.24, 2.45) is 0 Å². The molecule has 0 spiro atoms. The summed E-state index contributed by atoms with van der Waals surface area (Å²) < 4.78 is 5.53. The van der Waals surface area contributed by atoms with Crippen molar-refractivity contribution in [3.8, 4) is 6.07 Å². The number of benzene rings is 3. The smallest absolute Gasteiger partial charge is 0.262 e. The monoisotopic (exact) mass is 356 g/mol. The number of amides is 1. The van der Waals surface area contributed by atoms with E-state index in [4.69, 9.17) is 4.74 Å². The number of nitriles is 1. The molecule has 1 atom stereocenters. The lowest BCUT2D eigenvalue weighted by Gasteiger charge is -2.11. The van der Waals surface area contributed by atoms with Crippen LogP contribution in [0.15, 0.2) is 60.2 Å². The molecule has 4 heteroatoms. The first-order chi connectivity index (χ1) is 13.3. The Balaban J connectivity index is 1.74. The molecule has 134 valence electrons. The van der Waals surface area contributed by atoms with Crippen molar-refractivity contribution in [3.63, 3.8) is 0 Å². The maximum atomic E-state index is 12.6. The van der Waals surface area contributed by atoms with Crippen molar-refractivity contribution in [1.82, 2.24) is 5.32 Å². The van der Waals surface area contributed by atoms with Crippen molar-refractivity contribution in [1.29, 1.82) is 5.26 Å². The molecule has 1 fully saturated rings. The Hall–Kier alpha value is -3.16. The average Bonchev–Trinajstić information content (AvgIpc) is 3.23. The first kappa shape index (κ1) is 17.3. The fourth-order valence-electron chi connectivity index (χ4n) is 3.60. The van der Waals surface area contributed by atoms with E-state index in [0.29, 0.717) is 6.54 Å². The molecule has 0 bridgehead atoms. The van der Waals surface area contributed by atoms with Gasteiger partial charge < -0.3 is 10.1 Å². The average molecular weight is 356 g/mol. The van der Waals surface area contributed by atoms with E-state index in [9.17, 15) is 10.1 Å². The molecule has 4 nitrogen and oxygen atoms in total. The summed E-state index contributed by atoms with van der Waals surface area (Å²) in [5.41, 5.74) is 1.00. The first-order valence-electron chi connectivity index (χ1n) is 9.18. The van der Waals surface area contributed by atoms with Crippen LogP contribution < -0.4 is 5.32 Å². The normalized spacial score (nSPS) is 17.1. The van der Waals surface area contributed by atoms with Gasteiger partial charge in [-0.25, -0.2) is 0 Å². The second kappa shape index (κ2) is 7.61. The van der Waals surface area contributed by atoms with Gasteiger partial charge in [-0.2, -0.15) is 5.26 Å².